The van der Waals surface area contributed by atoms with E-state index < -0.39 is 11.6 Å². The highest BCUT2D eigenvalue weighted by atomic mass is 19.1. The molecular weight excluding hydrogens is 438 g/mol. The topological polar surface area (TPSA) is 70.7 Å². The second kappa shape index (κ2) is 7.66. The number of ether oxygens (including phenoxy) is 1. The van der Waals surface area contributed by atoms with Gasteiger partial charge in [0.25, 0.3) is 0 Å². The first-order valence-corrected chi connectivity index (χ1v) is 12.0. The SMILES string of the molecule is Fc1ccc(-c2nc([C@@H]3CCO[C@H](c4cnn(C5CC5)c4)C3)nc3nc4n(c23)CCC4)c(F)c1. The average Bonchev–Trinajstić information content (AvgIpc) is 3.24. The second-order valence-electron chi connectivity index (χ2n) is 9.58. The summed E-state index contributed by atoms with van der Waals surface area (Å²) in [6, 6.07) is 4.17. The highest BCUT2D eigenvalue weighted by Gasteiger charge is 2.32. The maximum Gasteiger partial charge on any atom is 0.181 e. The Morgan fingerprint density at radius 3 is 2.82 bits per heavy atom. The van der Waals surface area contributed by atoms with E-state index in [0.29, 0.717) is 29.8 Å². The van der Waals surface area contributed by atoms with E-state index in [2.05, 4.69) is 15.9 Å². The molecule has 34 heavy (non-hydrogen) atoms. The van der Waals surface area contributed by atoms with Gasteiger partial charge in [0.1, 0.15) is 34.5 Å². The van der Waals surface area contributed by atoms with E-state index in [0.717, 1.165) is 55.2 Å². The van der Waals surface area contributed by atoms with Crippen LogP contribution in [0.4, 0.5) is 8.78 Å². The Hall–Kier alpha value is -3.20. The first-order valence-electron chi connectivity index (χ1n) is 12.0. The van der Waals surface area contributed by atoms with E-state index in [1.165, 1.54) is 25.0 Å². The fourth-order valence-corrected chi connectivity index (χ4v) is 5.30. The third-order valence-electron chi connectivity index (χ3n) is 7.23. The van der Waals surface area contributed by atoms with Crippen LogP contribution in [0.2, 0.25) is 0 Å². The van der Waals surface area contributed by atoms with Gasteiger partial charge in [0.05, 0.1) is 18.3 Å². The number of rotatable bonds is 4. The Labute approximate surface area is 194 Å². The largest absolute Gasteiger partial charge is 0.373 e. The van der Waals surface area contributed by atoms with E-state index in [-0.39, 0.29) is 17.6 Å². The van der Waals surface area contributed by atoms with Crippen molar-refractivity contribution in [3.8, 4) is 11.3 Å². The zero-order valence-corrected chi connectivity index (χ0v) is 18.6. The zero-order valence-electron chi connectivity index (χ0n) is 18.6. The van der Waals surface area contributed by atoms with Crippen molar-refractivity contribution < 1.29 is 13.5 Å². The fourth-order valence-electron chi connectivity index (χ4n) is 5.30. The van der Waals surface area contributed by atoms with E-state index in [9.17, 15) is 8.78 Å². The van der Waals surface area contributed by atoms with Crippen LogP contribution in [-0.2, 0) is 17.7 Å². The van der Waals surface area contributed by atoms with Gasteiger partial charge >= 0.3 is 0 Å². The summed E-state index contributed by atoms with van der Waals surface area (Å²) in [6.07, 6.45) is 9.62. The van der Waals surface area contributed by atoms with Crippen LogP contribution in [0.5, 0.6) is 0 Å². The predicted octanol–water partition coefficient (Wildman–Crippen LogP) is 4.88. The lowest BCUT2D eigenvalue weighted by molar-refractivity contribution is 0.00396. The fraction of sp³-hybridized carbons (Fsp3) is 0.440. The highest BCUT2D eigenvalue weighted by molar-refractivity contribution is 5.88. The normalized spacial score (nSPS) is 22.4. The Bertz CT molecular complexity index is 1410. The van der Waals surface area contributed by atoms with Crippen LogP contribution >= 0.6 is 0 Å². The number of fused-ring (bicyclic) bond motifs is 3. The summed E-state index contributed by atoms with van der Waals surface area (Å²) in [5.74, 6) is 0.404. The highest BCUT2D eigenvalue weighted by Crippen LogP contribution is 2.40. The van der Waals surface area contributed by atoms with Gasteiger partial charge in [0, 0.05) is 48.9 Å². The Kier molecular flexibility index (Phi) is 4.55. The molecule has 3 aromatic heterocycles. The van der Waals surface area contributed by atoms with Gasteiger partial charge in [-0.3, -0.25) is 4.68 Å². The van der Waals surface area contributed by atoms with E-state index in [1.54, 1.807) is 0 Å². The van der Waals surface area contributed by atoms with Crippen LogP contribution in [0.3, 0.4) is 0 Å². The van der Waals surface area contributed by atoms with Gasteiger partial charge in [-0.2, -0.15) is 5.10 Å². The van der Waals surface area contributed by atoms with Gasteiger partial charge in [-0.15, -0.1) is 0 Å². The van der Waals surface area contributed by atoms with Crippen LogP contribution in [0.1, 0.15) is 67.4 Å². The zero-order chi connectivity index (χ0) is 22.8. The van der Waals surface area contributed by atoms with Gasteiger partial charge < -0.3 is 9.30 Å². The molecule has 2 fully saturated rings. The number of benzene rings is 1. The summed E-state index contributed by atoms with van der Waals surface area (Å²) in [5.41, 5.74) is 3.16. The van der Waals surface area contributed by atoms with Crippen molar-refractivity contribution >= 4 is 11.2 Å². The van der Waals surface area contributed by atoms with Crippen LogP contribution in [-0.4, -0.2) is 35.9 Å². The smallest absolute Gasteiger partial charge is 0.181 e. The number of aromatic nitrogens is 6. The van der Waals surface area contributed by atoms with Crippen molar-refractivity contribution in [3.05, 3.63) is 59.4 Å². The summed E-state index contributed by atoms with van der Waals surface area (Å²) >= 11 is 0. The number of imidazole rings is 1. The third kappa shape index (κ3) is 3.33. The van der Waals surface area contributed by atoms with E-state index in [4.69, 9.17) is 19.7 Å². The minimum atomic E-state index is -0.628. The molecular formula is C25H24F2N6O. The first-order chi connectivity index (χ1) is 16.6. The molecule has 4 aromatic rings. The minimum Gasteiger partial charge on any atom is -0.373 e. The third-order valence-corrected chi connectivity index (χ3v) is 7.23. The van der Waals surface area contributed by atoms with E-state index in [1.807, 2.05) is 10.9 Å². The molecule has 0 bridgehead atoms. The molecule has 2 atom stereocenters. The average molecular weight is 463 g/mol. The van der Waals surface area contributed by atoms with Crippen molar-refractivity contribution in [1.29, 1.82) is 0 Å². The molecule has 1 aromatic carbocycles. The summed E-state index contributed by atoms with van der Waals surface area (Å²) in [6.45, 7) is 1.39. The maximum absolute atomic E-state index is 14.9. The molecule has 1 saturated carbocycles. The molecule has 7 rings (SSSR count). The first kappa shape index (κ1) is 20.2. The maximum atomic E-state index is 14.9. The van der Waals surface area contributed by atoms with Gasteiger partial charge in [-0.1, -0.05) is 0 Å². The quantitative estimate of drug-likeness (QED) is 0.432. The number of aryl methyl sites for hydroxylation is 2. The molecule has 0 spiro atoms. The molecule has 174 valence electrons. The Balaban J connectivity index is 1.30. The van der Waals surface area contributed by atoms with Crippen molar-refractivity contribution in [2.45, 2.75) is 63.1 Å². The van der Waals surface area contributed by atoms with Gasteiger partial charge in [0.2, 0.25) is 0 Å². The molecule has 5 heterocycles. The number of nitrogens with zero attached hydrogens (tertiary/aromatic N) is 6. The second-order valence-corrected chi connectivity index (χ2v) is 9.58. The molecule has 7 nitrogen and oxygen atoms in total. The molecule has 3 aliphatic rings. The summed E-state index contributed by atoms with van der Waals surface area (Å²) in [4.78, 5) is 14.5. The molecule has 0 unspecified atom stereocenters. The van der Waals surface area contributed by atoms with Crippen molar-refractivity contribution in [1.82, 2.24) is 29.3 Å². The number of halogens is 2. The van der Waals surface area contributed by atoms with Gasteiger partial charge in [-0.05, 0) is 44.2 Å². The molecule has 0 amide bonds. The van der Waals surface area contributed by atoms with E-state index >= 15 is 0 Å². The van der Waals surface area contributed by atoms with Crippen molar-refractivity contribution in [2.24, 2.45) is 0 Å². The van der Waals surface area contributed by atoms with Crippen LogP contribution in [0, 0.1) is 11.6 Å². The molecule has 0 radical (unpaired) electrons. The minimum absolute atomic E-state index is 0.0474. The van der Waals surface area contributed by atoms with Gasteiger partial charge in [0.15, 0.2) is 5.65 Å². The van der Waals surface area contributed by atoms with Gasteiger partial charge in [-0.25, -0.2) is 23.7 Å². The predicted molar refractivity (Wildman–Crippen MR) is 120 cm³/mol. The lowest BCUT2D eigenvalue weighted by Gasteiger charge is -2.28. The monoisotopic (exact) mass is 462 g/mol. The number of hydrogen-bond donors (Lipinski definition) is 0. The molecule has 0 N–H and O–H groups in total. The Morgan fingerprint density at radius 2 is 1.97 bits per heavy atom. The summed E-state index contributed by atoms with van der Waals surface area (Å²) < 4.78 is 38.7. The van der Waals surface area contributed by atoms with Crippen LogP contribution in [0.25, 0.3) is 22.4 Å². The molecule has 1 aliphatic carbocycles. The lowest BCUT2D eigenvalue weighted by Crippen LogP contribution is -2.20. The molecule has 2 aliphatic heterocycles. The summed E-state index contributed by atoms with van der Waals surface area (Å²) in [7, 11) is 0. The lowest BCUT2D eigenvalue weighted by atomic mass is 9.92. The van der Waals surface area contributed by atoms with Crippen molar-refractivity contribution in [3.63, 3.8) is 0 Å². The Morgan fingerprint density at radius 1 is 1.06 bits per heavy atom. The van der Waals surface area contributed by atoms with Crippen molar-refractivity contribution in [2.75, 3.05) is 6.61 Å². The molecule has 9 heteroatoms. The number of hydrogen-bond acceptors (Lipinski definition) is 5. The summed E-state index contributed by atoms with van der Waals surface area (Å²) in [5, 5.41) is 4.51. The van der Waals surface area contributed by atoms with Crippen LogP contribution < -0.4 is 0 Å². The standard InChI is InChI=1S/C25H24F2N6O/c26-16-3-6-18(19(27)11-16)22-23-25(29-21-2-1-8-32(21)23)31-24(30-22)14-7-9-34-20(10-14)15-12-28-33(13-15)17-4-5-17/h3,6,11-14,17,20H,1-2,4-5,7-10H2/t14-,20+/m1/s1. The van der Waals surface area contributed by atoms with Crippen LogP contribution in [0.15, 0.2) is 30.6 Å². The molecule has 1 saturated heterocycles.